The second kappa shape index (κ2) is 7.37. The van der Waals surface area contributed by atoms with Crippen LogP contribution >= 0.6 is 11.6 Å². The van der Waals surface area contributed by atoms with Gasteiger partial charge in [0.2, 0.25) is 0 Å². The van der Waals surface area contributed by atoms with Crippen LogP contribution in [-0.4, -0.2) is 45.5 Å². The summed E-state index contributed by atoms with van der Waals surface area (Å²) in [5, 5.41) is 19.0. The third kappa shape index (κ3) is 3.36. The van der Waals surface area contributed by atoms with Gasteiger partial charge in [0.1, 0.15) is 5.69 Å². The average Bonchev–Trinajstić information content (AvgIpc) is 3.09. The summed E-state index contributed by atoms with van der Waals surface area (Å²) in [6, 6.07) is -0.138. The first-order valence-electron chi connectivity index (χ1n) is 6.57. The van der Waals surface area contributed by atoms with E-state index in [9.17, 15) is 0 Å². The maximum atomic E-state index is 6.29. The highest BCUT2D eigenvalue weighted by Gasteiger charge is 2.23. The van der Waals surface area contributed by atoms with Gasteiger partial charge in [-0.3, -0.25) is 4.68 Å². The van der Waals surface area contributed by atoms with Crippen molar-refractivity contribution in [2.75, 3.05) is 20.3 Å². The summed E-state index contributed by atoms with van der Waals surface area (Å²) in [7, 11) is 1.66. The van der Waals surface area contributed by atoms with E-state index >= 15 is 0 Å². The standard InChI is InChI=1S/C12H19ClN6O/c1-3-4-14-11(10-8-15-18-17-10)12-9(13)7-16-19(12)5-6-20-2/h7-8,11,14H,3-6H2,1-2H3,(H,15,17,18). The van der Waals surface area contributed by atoms with Crippen molar-refractivity contribution in [3.05, 3.63) is 28.8 Å². The van der Waals surface area contributed by atoms with Crippen LogP contribution in [0.2, 0.25) is 5.02 Å². The molecule has 0 bridgehead atoms. The molecule has 20 heavy (non-hydrogen) atoms. The summed E-state index contributed by atoms with van der Waals surface area (Å²) in [4.78, 5) is 0. The summed E-state index contributed by atoms with van der Waals surface area (Å²) in [6.07, 6.45) is 4.35. The highest BCUT2D eigenvalue weighted by Crippen LogP contribution is 2.26. The van der Waals surface area contributed by atoms with Crippen LogP contribution < -0.4 is 5.32 Å². The Labute approximate surface area is 122 Å². The molecule has 2 rings (SSSR count). The van der Waals surface area contributed by atoms with Crippen LogP contribution in [0.3, 0.4) is 0 Å². The zero-order chi connectivity index (χ0) is 14.4. The minimum absolute atomic E-state index is 0.138. The SMILES string of the molecule is CCCNC(c1cn[nH]n1)c1c(Cl)cnn1CCOC. The second-order valence-electron chi connectivity index (χ2n) is 4.38. The summed E-state index contributed by atoms with van der Waals surface area (Å²) in [5.41, 5.74) is 1.67. The van der Waals surface area contributed by atoms with Gasteiger partial charge in [0.15, 0.2) is 0 Å². The molecule has 0 saturated carbocycles. The van der Waals surface area contributed by atoms with E-state index in [1.54, 1.807) is 19.5 Å². The van der Waals surface area contributed by atoms with Gasteiger partial charge in [-0.05, 0) is 13.0 Å². The van der Waals surface area contributed by atoms with Crippen molar-refractivity contribution in [1.29, 1.82) is 0 Å². The van der Waals surface area contributed by atoms with Gasteiger partial charge in [0, 0.05) is 7.11 Å². The van der Waals surface area contributed by atoms with Crippen molar-refractivity contribution in [2.24, 2.45) is 0 Å². The van der Waals surface area contributed by atoms with E-state index in [2.05, 4.69) is 32.7 Å². The molecule has 1 atom stereocenters. The lowest BCUT2D eigenvalue weighted by Crippen LogP contribution is -2.27. The summed E-state index contributed by atoms with van der Waals surface area (Å²) in [6.45, 7) is 4.17. The molecule has 0 saturated heterocycles. The maximum Gasteiger partial charge on any atom is 0.106 e. The van der Waals surface area contributed by atoms with Gasteiger partial charge in [-0.25, -0.2) is 0 Å². The van der Waals surface area contributed by atoms with Crippen molar-refractivity contribution in [2.45, 2.75) is 25.9 Å². The fourth-order valence-electron chi connectivity index (χ4n) is 1.99. The lowest BCUT2D eigenvalue weighted by molar-refractivity contribution is 0.182. The first kappa shape index (κ1) is 15.0. The van der Waals surface area contributed by atoms with Gasteiger partial charge in [-0.1, -0.05) is 18.5 Å². The Morgan fingerprint density at radius 3 is 3.00 bits per heavy atom. The fraction of sp³-hybridized carbons (Fsp3) is 0.583. The predicted molar refractivity (Wildman–Crippen MR) is 75.6 cm³/mol. The second-order valence-corrected chi connectivity index (χ2v) is 4.78. The number of rotatable bonds is 8. The van der Waals surface area contributed by atoms with Gasteiger partial charge >= 0.3 is 0 Å². The predicted octanol–water partition coefficient (Wildman–Crippen LogP) is 1.39. The van der Waals surface area contributed by atoms with Crippen molar-refractivity contribution < 1.29 is 4.74 Å². The van der Waals surface area contributed by atoms with Crippen LogP contribution in [0.4, 0.5) is 0 Å². The Kier molecular flexibility index (Phi) is 5.51. The van der Waals surface area contributed by atoms with Crippen molar-refractivity contribution in [1.82, 2.24) is 30.5 Å². The molecule has 8 heteroatoms. The molecule has 0 amide bonds. The molecule has 0 spiro atoms. The molecule has 110 valence electrons. The van der Waals surface area contributed by atoms with E-state index in [1.165, 1.54) is 0 Å². The maximum absolute atomic E-state index is 6.29. The molecule has 0 aromatic carbocycles. The largest absolute Gasteiger partial charge is 0.383 e. The van der Waals surface area contributed by atoms with Gasteiger partial charge in [0.25, 0.3) is 0 Å². The van der Waals surface area contributed by atoms with E-state index in [0.29, 0.717) is 18.2 Å². The van der Waals surface area contributed by atoms with Crippen molar-refractivity contribution in [3.63, 3.8) is 0 Å². The highest BCUT2D eigenvalue weighted by atomic mass is 35.5. The molecule has 0 fully saturated rings. The summed E-state index contributed by atoms with van der Waals surface area (Å²) < 4.78 is 6.94. The van der Waals surface area contributed by atoms with Gasteiger partial charge in [0.05, 0.1) is 42.3 Å². The number of nitrogens with zero attached hydrogens (tertiary/aromatic N) is 4. The third-order valence-corrected chi connectivity index (χ3v) is 3.23. The van der Waals surface area contributed by atoms with E-state index in [0.717, 1.165) is 24.4 Å². The fourth-order valence-corrected chi connectivity index (χ4v) is 2.24. The molecular weight excluding hydrogens is 280 g/mol. The van der Waals surface area contributed by atoms with Crippen LogP contribution in [0.25, 0.3) is 0 Å². The molecule has 2 N–H and O–H groups in total. The van der Waals surface area contributed by atoms with Gasteiger partial charge in [-0.2, -0.15) is 20.5 Å². The van der Waals surface area contributed by atoms with Crippen LogP contribution in [0.15, 0.2) is 12.4 Å². The number of H-pyrrole nitrogens is 1. The summed E-state index contributed by atoms with van der Waals surface area (Å²) >= 11 is 6.29. The van der Waals surface area contributed by atoms with Gasteiger partial charge < -0.3 is 10.1 Å². The number of hydrogen-bond donors (Lipinski definition) is 2. The molecule has 0 aliphatic rings. The lowest BCUT2D eigenvalue weighted by Gasteiger charge is -2.18. The zero-order valence-corrected chi connectivity index (χ0v) is 12.4. The molecule has 2 heterocycles. The van der Waals surface area contributed by atoms with Crippen LogP contribution in [-0.2, 0) is 11.3 Å². The Bertz CT molecular complexity index is 512. The monoisotopic (exact) mass is 298 g/mol. The molecule has 7 nitrogen and oxygen atoms in total. The number of nitrogens with one attached hydrogen (secondary N) is 2. The zero-order valence-electron chi connectivity index (χ0n) is 11.6. The first-order chi connectivity index (χ1) is 9.77. The molecule has 2 aromatic rings. The normalized spacial score (nSPS) is 12.8. The van der Waals surface area contributed by atoms with Crippen LogP contribution in [0, 0.1) is 0 Å². The molecular formula is C12H19ClN6O. The number of halogens is 1. The Hall–Kier alpha value is -1.44. The number of ether oxygens (including phenoxy) is 1. The van der Waals surface area contributed by atoms with Crippen molar-refractivity contribution in [3.8, 4) is 0 Å². The first-order valence-corrected chi connectivity index (χ1v) is 6.94. The molecule has 0 aliphatic carbocycles. The molecule has 2 aromatic heterocycles. The third-order valence-electron chi connectivity index (χ3n) is 2.94. The van der Waals surface area contributed by atoms with E-state index in [-0.39, 0.29) is 6.04 Å². The Morgan fingerprint density at radius 2 is 2.35 bits per heavy atom. The quantitative estimate of drug-likeness (QED) is 0.770. The minimum atomic E-state index is -0.138. The molecule has 1 unspecified atom stereocenters. The highest BCUT2D eigenvalue weighted by molar-refractivity contribution is 6.31. The Morgan fingerprint density at radius 1 is 1.50 bits per heavy atom. The molecule has 0 aliphatic heterocycles. The number of hydrogen-bond acceptors (Lipinski definition) is 5. The lowest BCUT2D eigenvalue weighted by atomic mass is 10.1. The van der Waals surface area contributed by atoms with E-state index < -0.39 is 0 Å². The summed E-state index contributed by atoms with van der Waals surface area (Å²) in [5.74, 6) is 0. The average molecular weight is 299 g/mol. The van der Waals surface area contributed by atoms with E-state index in [4.69, 9.17) is 16.3 Å². The minimum Gasteiger partial charge on any atom is -0.383 e. The van der Waals surface area contributed by atoms with Crippen LogP contribution in [0.1, 0.15) is 30.8 Å². The Balaban J connectivity index is 2.30. The number of aromatic nitrogens is 5. The van der Waals surface area contributed by atoms with Crippen molar-refractivity contribution >= 4 is 11.6 Å². The smallest absolute Gasteiger partial charge is 0.106 e. The number of methoxy groups -OCH3 is 1. The van der Waals surface area contributed by atoms with Gasteiger partial charge in [-0.15, -0.1) is 0 Å². The molecule has 0 radical (unpaired) electrons. The topological polar surface area (TPSA) is 80.7 Å². The van der Waals surface area contributed by atoms with Crippen LogP contribution in [0.5, 0.6) is 0 Å². The van der Waals surface area contributed by atoms with E-state index in [1.807, 2.05) is 4.68 Å². The number of aromatic amines is 1.